The molecular formula is C14H18N2O2. The lowest BCUT2D eigenvalue weighted by Gasteiger charge is -2.23. The van der Waals surface area contributed by atoms with Crippen molar-refractivity contribution in [3.8, 4) is 17.6 Å². The number of hydrogen-bond donors (Lipinski definition) is 0. The molecule has 0 radical (unpaired) electrons. The predicted molar refractivity (Wildman–Crippen MR) is 68.7 cm³/mol. The highest BCUT2D eigenvalue weighted by Crippen LogP contribution is 2.33. The highest BCUT2D eigenvalue weighted by molar-refractivity contribution is 5.47. The van der Waals surface area contributed by atoms with Crippen LogP contribution in [0.4, 0.5) is 0 Å². The second-order valence-corrected chi connectivity index (χ2v) is 4.64. The third-order valence-corrected chi connectivity index (χ3v) is 3.27. The fraction of sp³-hybridized carbons (Fsp3) is 0.500. The number of rotatable bonds is 3. The number of nitriles is 1. The lowest BCUT2D eigenvalue weighted by Crippen LogP contribution is -2.27. The van der Waals surface area contributed by atoms with E-state index in [4.69, 9.17) is 14.7 Å². The first-order valence-corrected chi connectivity index (χ1v) is 6.11. The Balaban J connectivity index is 2.21. The maximum absolute atomic E-state index is 8.91. The van der Waals surface area contributed by atoms with E-state index < -0.39 is 0 Å². The van der Waals surface area contributed by atoms with E-state index in [2.05, 4.69) is 13.0 Å². The van der Waals surface area contributed by atoms with Crippen LogP contribution in [0.25, 0.3) is 0 Å². The monoisotopic (exact) mass is 246 g/mol. The minimum Gasteiger partial charge on any atom is -0.486 e. The van der Waals surface area contributed by atoms with E-state index in [0.717, 1.165) is 23.6 Å². The summed E-state index contributed by atoms with van der Waals surface area (Å²) < 4.78 is 11.1. The Bertz CT molecular complexity index is 479. The Morgan fingerprint density at radius 2 is 1.94 bits per heavy atom. The van der Waals surface area contributed by atoms with E-state index >= 15 is 0 Å². The van der Waals surface area contributed by atoms with Gasteiger partial charge in [0.1, 0.15) is 13.2 Å². The van der Waals surface area contributed by atoms with Crippen molar-refractivity contribution < 1.29 is 9.47 Å². The van der Waals surface area contributed by atoms with Crippen molar-refractivity contribution in [2.45, 2.75) is 26.4 Å². The summed E-state index contributed by atoms with van der Waals surface area (Å²) in [6.45, 7) is 5.89. The molecule has 1 aliphatic rings. The van der Waals surface area contributed by atoms with Crippen LogP contribution in [0.1, 0.15) is 18.1 Å². The second kappa shape index (κ2) is 5.28. The number of nitrogens with zero attached hydrogens (tertiary/aromatic N) is 2. The predicted octanol–water partition coefficient (Wildman–Crippen LogP) is 2.11. The second-order valence-electron chi connectivity index (χ2n) is 4.64. The normalized spacial score (nSPS) is 15.3. The van der Waals surface area contributed by atoms with Gasteiger partial charge in [-0.05, 0) is 44.2 Å². The number of hydrogen-bond acceptors (Lipinski definition) is 4. The molecule has 0 fully saturated rings. The van der Waals surface area contributed by atoms with Crippen molar-refractivity contribution in [1.82, 2.24) is 4.90 Å². The molecule has 4 nitrogen and oxygen atoms in total. The summed E-state index contributed by atoms with van der Waals surface area (Å²) in [6.07, 6.45) is 0. The zero-order valence-electron chi connectivity index (χ0n) is 11.1. The number of aryl methyl sites for hydroxylation is 1. The zero-order chi connectivity index (χ0) is 13.1. The molecule has 1 aliphatic heterocycles. The average molecular weight is 246 g/mol. The van der Waals surface area contributed by atoms with Gasteiger partial charge in [-0.1, -0.05) is 0 Å². The Labute approximate surface area is 108 Å². The Morgan fingerprint density at radius 1 is 1.33 bits per heavy atom. The van der Waals surface area contributed by atoms with Gasteiger partial charge in [0.15, 0.2) is 11.5 Å². The van der Waals surface area contributed by atoms with Gasteiger partial charge in [-0.2, -0.15) is 5.26 Å². The fourth-order valence-electron chi connectivity index (χ4n) is 1.91. The summed E-state index contributed by atoms with van der Waals surface area (Å²) in [5.74, 6) is 1.62. The van der Waals surface area contributed by atoms with Gasteiger partial charge >= 0.3 is 0 Å². The molecule has 1 heterocycles. The van der Waals surface area contributed by atoms with Crippen LogP contribution in [0.3, 0.4) is 0 Å². The van der Waals surface area contributed by atoms with Crippen LogP contribution in [-0.2, 0) is 6.54 Å². The summed E-state index contributed by atoms with van der Waals surface area (Å²) in [7, 11) is 1.95. The van der Waals surface area contributed by atoms with Crippen molar-refractivity contribution in [2.75, 3.05) is 20.3 Å². The molecule has 0 bridgehead atoms. The van der Waals surface area contributed by atoms with Crippen molar-refractivity contribution >= 4 is 0 Å². The van der Waals surface area contributed by atoms with Crippen LogP contribution in [0.5, 0.6) is 11.5 Å². The van der Waals surface area contributed by atoms with E-state index in [0.29, 0.717) is 13.2 Å². The summed E-state index contributed by atoms with van der Waals surface area (Å²) in [4.78, 5) is 2.01. The maximum Gasteiger partial charge on any atom is 0.161 e. The van der Waals surface area contributed by atoms with E-state index in [1.54, 1.807) is 0 Å². The lowest BCUT2D eigenvalue weighted by molar-refractivity contribution is 0.171. The van der Waals surface area contributed by atoms with Gasteiger partial charge in [0.05, 0.1) is 12.1 Å². The van der Waals surface area contributed by atoms with E-state index in [1.165, 1.54) is 5.56 Å². The zero-order valence-corrected chi connectivity index (χ0v) is 11.1. The third kappa shape index (κ3) is 2.57. The molecule has 0 spiro atoms. The Morgan fingerprint density at radius 3 is 2.56 bits per heavy atom. The summed E-state index contributed by atoms with van der Waals surface area (Å²) in [6, 6.07) is 6.16. The molecule has 0 N–H and O–H groups in total. The largest absolute Gasteiger partial charge is 0.486 e. The number of benzene rings is 1. The number of fused-ring (bicyclic) bond motifs is 1. The van der Waals surface area contributed by atoms with Crippen LogP contribution in [0.2, 0.25) is 0 Å². The molecule has 96 valence electrons. The smallest absolute Gasteiger partial charge is 0.161 e. The first-order chi connectivity index (χ1) is 8.61. The molecule has 1 unspecified atom stereocenters. The van der Waals surface area contributed by atoms with Crippen LogP contribution < -0.4 is 9.47 Å². The van der Waals surface area contributed by atoms with E-state index in [-0.39, 0.29) is 6.04 Å². The van der Waals surface area contributed by atoms with Gasteiger partial charge in [-0.3, -0.25) is 4.90 Å². The molecule has 0 aliphatic carbocycles. The molecular weight excluding hydrogens is 228 g/mol. The maximum atomic E-state index is 8.91. The van der Waals surface area contributed by atoms with Gasteiger partial charge in [0, 0.05) is 6.54 Å². The van der Waals surface area contributed by atoms with Gasteiger partial charge in [0.2, 0.25) is 0 Å². The fourth-order valence-corrected chi connectivity index (χ4v) is 1.91. The van der Waals surface area contributed by atoms with Gasteiger partial charge < -0.3 is 9.47 Å². The van der Waals surface area contributed by atoms with Crippen molar-refractivity contribution in [1.29, 1.82) is 5.26 Å². The van der Waals surface area contributed by atoms with E-state index in [9.17, 15) is 0 Å². The topological polar surface area (TPSA) is 45.5 Å². The first kappa shape index (κ1) is 12.7. The minimum atomic E-state index is -0.0994. The first-order valence-electron chi connectivity index (χ1n) is 6.11. The highest BCUT2D eigenvalue weighted by Gasteiger charge is 2.16. The summed E-state index contributed by atoms with van der Waals surface area (Å²) in [5, 5.41) is 8.91. The minimum absolute atomic E-state index is 0.0994. The van der Waals surface area contributed by atoms with Crippen LogP contribution in [-0.4, -0.2) is 31.2 Å². The quantitative estimate of drug-likeness (QED) is 0.819. The molecule has 1 aromatic rings. The standard InChI is InChI=1S/C14H18N2O2/c1-10-6-13-14(18-5-4-17-13)7-12(10)9-16(3)11(2)8-15/h6-7,11H,4-5,9H2,1-3H3. The van der Waals surface area contributed by atoms with Crippen LogP contribution in [0.15, 0.2) is 12.1 Å². The molecule has 0 saturated carbocycles. The molecule has 18 heavy (non-hydrogen) atoms. The Hall–Kier alpha value is -1.73. The molecule has 0 amide bonds. The average Bonchev–Trinajstić information content (AvgIpc) is 2.38. The van der Waals surface area contributed by atoms with Gasteiger partial charge in [0.25, 0.3) is 0 Å². The van der Waals surface area contributed by atoms with Gasteiger partial charge in [-0.25, -0.2) is 0 Å². The molecule has 2 rings (SSSR count). The summed E-state index contributed by atoms with van der Waals surface area (Å²) in [5.41, 5.74) is 2.33. The third-order valence-electron chi connectivity index (χ3n) is 3.27. The lowest BCUT2D eigenvalue weighted by atomic mass is 10.1. The van der Waals surface area contributed by atoms with Crippen molar-refractivity contribution in [3.63, 3.8) is 0 Å². The van der Waals surface area contributed by atoms with E-state index in [1.807, 2.05) is 31.0 Å². The Kier molecular flexibility index (Phi) is 3.73. The highest BCUT2D eigenvalue weighted by atomic mass is 16.6. The molecule has 0 aromatic heterocycles. The van der Waals surface area contributed by atoms with Crippen LogP contribution >= 0.6 is 0 Å². The van der Waals surface area contributed by atoms with Gasteiger partial charge in [-0.15, -0.1) is 0 Å². The number of ether oxygens (including phenoxy) is 2. The van der Waals surface area contributed by atoms with Crippen LogP contribution in [0, 0.1) is 18.3 Å². The summed E-state index contributed by atoms with van der Waals surface area (Å²) >= 11 is 0. The molecule has 0 saturated heterocycles. The SMILES string of the molecule is Cc1cc2c(cc1CN(C)C(C)C#N)OCCO2. The van der Waals surface area contributed by atoms with Crippen molar-refractivity contribution in [3.05, 3.63) is 23.3 Å². The van der Waals surface area contributed by atoms with Crippen molar-refractivity contribution in [2.24, 2.45) is 0 Å². The molecule has 1 aromatic carbocycles. The molecule has 1 atom stereocenters. The molecule has 4 heteroatoms.